The predicted octanol–water partition coefficient (Wildman–Crippen LogP) is 1.93. The van der Waals surface area contributed by atoms with Crippen LogP contribution in [-0.4, -0.2) is 42.0 Å². The number of aliphatic carboxylic acids is 1. The molecule has 0 radical (unpaired) electrons. The number of halogens is 2. The van der Waals surface area contributed by atoms with Crippen LogP contribution in [0.1, 0.15) is 5.56 Å². The van der Waals surface area contributed by atoms with Gasteiger partial charge in [-0.1, -0.05) is 12.1 Å². The molecule has 0 spiro atoms. The van der Waals surface area contributed by atoms with Crippen molar-refractivity contribution < 1.29 is 9.90 Å². The van der Waals surface area contributed by atoms with Crippen molar-refractivity contribution in [2.24, 2.45) is 5.73 Å². The lowest BCUT2D eigenvalue weighted by molar-refractivity contribution is -0.138. The SMILES string of the molecule is N[C@@H](Cc1ccc(N([13CH2][13CH2]Cl)[13CH2][13CH2]Cl)cc1)C(=O)O. The summed E-state index contributed by atoms with van der Waals surface area (Å²) in [5, 5.41) is 8.76. The number of hydrogen-bond acceptors (Lipinski definition) is 3. The Hall–Kier alpha value is -0.970. The molecular weight excluding hydrogens is 291 g/mol. The van der Waals surface area contributed by atoms with Crippen LogP contribution in [0.5, 0.6) is 0 Å². The Kier molecular flexibility index (Phi) is 6.99. The quantitative estimate of drug-likeness (QED) is 0.569. The summed E-state index contributed by atoms with van der Waals surface area (Å²) in [5.41, 5.74) is 7.42. The molecule has 0 unspecified atom stereocenters. The summed E-state index contributed by atoms with van der Waals surface area (Å²) in [6, 6.07) is 6.76. The van der Waals surface area contributed by atoms with Gasteiger partial charge in [-0.15, -0.1) is 23.2 Å². The first-order valence-electron chi connectivity index (χ1n) is 6.02. The van der Waals surface area contributed by atoms with Crippen molar-refractivity contribution in [2.75, 3.05) is 29.7 Å². The lowest BCUT2D eigenvalue weighted by atomic mass is 10.1. The van der Waals surface area contributed by atoms with Gasteiger partial charge < -0.3 is 15.7 Å². The average Bonchev–Trinajstić information content (AvgIpc) is 2.39. The van der Waals surface area contributed by atoms with Crippen LogP contribution in [0.2, 0.25) is 0 Å². The lowest BCUT2D eigenvalue weighted by Gasteiger charge is -2.23. The highest BCUT2D eigenvalue weighted by atomic mass is 35.5. The molecule has 0 aliphatic heterocycles. The Morgan fingerprint density at radius 2 is 1.74 bits per heavy atom. The Bertz CT molecular complexity index is 392. The molecule has 106 valence electrons. The topological polar surface area (TPSA) is 66.6 Å². The van der Waals surface area contributed by atoms with Gasteiger partial charge in [0.15, 0.2) is 0 Å². The Balaban J connectivity index is 2.71. The minimum Gasteiger partial charge on any atom is -0.480 e. The third kappa shape index (κ3) is 5.27. The first-order chi connectivity index (χ1) is 9.08. The van der Waals surface area contributed by atoms with E-state index in [2.05, 4.69) is 4.90 Å². The fourth-order valence-corrected chi connectivity index (χ4v) is 2.17. The van der Waals surface area contributed by atoms with Crippen molar-refractivity contribution in [3.05, 3.63) is 29.8 Å². The number of anilines is 1. The summed E-state index contributed by atoms with van der Waals surface area (Å²) in [6.07, 6.45) is 0.320. The van der Waals surface area contributed by atoms with E-state index in [1.54, 1.807) is 0 Å². The number of hydrogen-bond donors (Lipinski definition) is 2. The molecule has 3 N–H and O–H groups in total. The van der Waals surface area contributed by atoms with Crippen LogP contribution >= 0.6 is 23.2 Å². The molecule has 0 amide bonds. The van der Waals surface area contributed by atoms with E-state index in [9.17, 15) is 4.79 Å². The van der Waals surface area contributed by atoms with Crippen molar-refractivity contribution >= 4 is 34.9 Å². The zero-order chi connectivity index (χ0) is 14.3. The number of carbonyl (C=O) groups is 1. The maximum Gasteiger partial charge on any atom is 0.320 e. The molecule has 4 nitrogen and oxygen atoms in total. The molecule has 0 aliphatic rings. The third-order valence-electron chi connectivity index (χ3n) is 2.78. The first-order valence-corrected chi connectivity index (χ1v) is 7.09. The number of nitrogens with zero attached hydrogens (tertiary/aromatic N) is 1. The molecule has 1 atom stereocenters. The van der Waals surface area contributed by atoms with Crippen LogP contribution in [0.4, 0.5) is 5.69 Å². The molecular formula is C13H18Cl2N2O2. The van der Waals surface area contributed by atoms with Gasteiger partial charge in [0.2, 0.25) is 0 Å². The highest BCUT2D eigenvalue weighted by molar-refractivity contribution is 6.18. The summed E-state index contributed by atoms with van der Waals surface area (Å²) >= 11 is 11.5. The van der Waals surface area contributed by atoms with Crippen molar-refractivity contribution in [3.63, 3.8) is 0 Å². The van der Waals surface area contributed by atoms with Crippen molar-refractivity contribution in [2.45, 2.75) is 12.5 Å². The summed E-state index contributed by atoms with van der Waals surface area (Å²) < 4.78 is 0. The molecule has 0 saturated carbocycles. The largest absolute Gasteiger partial charge is 0.480 e. The van der Waals surface area contributed by atoms with Gasteiger partial charge in [0.05, 0.1) is 0 Å². The minimum absolute atomic E-state index is 0.320. The molecule has 0 fully saturated rings. The fourth-order valence-electron chi connectivity index (χ4n) is 1.76. The van der Waals surface area contributed by atoms with Crippen LogP contribution in [0, 0.1) is 0 Å². The van der Waals surface area contributed by atoms with Gasteiger partial charge >= 0.3 is 5.97 Å². The average molecular weight is 309 g/mol. The van der Waals surface area contributed by atoms with Crippen LogP contribution in [-0.2, 0) is 11.2 Å². The maximum atomic E-state index is 10.7. The molecule has 19 heavy (non-hydrogen) atoms. The summed E-state index contributed by atoms with van der Waals surface area (Å²) in [7, 11) is 0. The van der Waals surface area contributed by atoms with E-state index in [0.29, 0.717) is 18.2 Å². The summed E-state index contributed by atoms with van der Waals surface area (Å²) in [6.45, 7) is 1.45. The second-order valence-corrected chi connectivity index (χ2v) is 4.94. The van der Waals surface area contributed by atoms with Gasteiger partial charge in [-0.25, -0.2) is 0 Å². The second-order valence-electron chi connectivity index (χ2n) is 4.18. The van der Waals surface area contributed by atoms with E-state index in [-0.39, 0.29) is 0 Å². The Morgan fingerprint density at radius 3 is 2.16 bits per heavy atom. The van der Waals surface area contributed by atoms with Gasteiger partial charge in [0.25, 0.3) is 0 Å². The predicted molar refractivity (Wildman–Crippen MR) is 79.4 cm³/mol. The Labute approximate surface area is 123 Å². The number of rotatable bonds is 8. The zero-order valence-electron chi connectivity index (χ0n) is 10.6. The van der Waals surface area contributed by atoms with Gasteiger partial charge in [0, 0.05) is 30.5 Å². The van der Waals surface area contributed by atoms with Crippen molar-refractivity contribution in [1.29, 1.82) is 0 Å². The molecule has 0 heterocycles. The second kappa shape index (κ2) is 8.25. The summed E-state index contributed by atoms with van der Waals surface area (Å²) in [4.78, 5) is 12.8. The smallest absolute Gasteiger partial charge is 0.320 e. The lowest BCUT2D eigenvalue weighted by Crippen LogP contribution is -2.32. The van der Waals surface area contributed by atoms with E-state index in [0.717, 1.165) is 24.3 Å². The van der Waals surface area contributed by atoms with E-state index < -0.39 is 12.0 Å². The molecule has 1 aromatic carbocycles. The van der Waals surface area contributed by atoms with Gasteiger partial charge in [-0.05, 0) is 24.1 Å². The molecule has 0 aliphatic carbocycles. The number of carboxylic acids is 1. The first kappa shape index (κ1) is 16.1. The van der Waals surface area contributed by atoms with Crippen molar-refractivity contribution in [1.82, 2.24) is 0 Å². The normalized spacial score (nSPS) is 12.2. The van der Waals surface area contributed by atoms with E-state index in [1.165, 1.54) is 0 Å². The van der Waals surface area contributed by atoms with Gasteiger partial charge in [-0.3, -0.25) is 4.79 Å². The minimum atomic E-state index is -0.991. The zero-order valence-corrected chi connectivity index (χ0v) is 12.1. The number of nitrogens with two attached hydrogens (primary N) is 1. The molecule has 6 heteroatoms. The molecule has 0 saturated heterocycles. The van der Waals surface area contributed by atoms with Crippen LogP contribution in [0.3, 0.4) is 0 Å². The van der Waals surface area contributed by atoms with E-state index in [4.69, 9.17) is 34.0 Å². The monoisotopic (exact) mass is 308 g/mol. The summed E-state index contributed by atoms with van der Waals surface area (Å²) in [5.74, 6) is 0.0698. The van der Waals surface area contributed by atoms with Gasteiger partial charge in [0.1, 0.15) is 6.04 Å². The molecule has 0 bridgehead atoms. The Morgan fingerprint density at radius 1 is 1.21 bits per heavy atom. The van der Waals surface area contributed by atoms with Crippen LogP contribution in [0.15, 0.2) is 24.3 Å². The fraction of sp³-hybridized carbons (Fsp3) is 0.462. The molecule has 0 aromatic heterocycles. The standard InChI is InChI=1S/C13H18Cl2N2O2/c14-5-7-17(8-6-15)11-3-1-10(2-4-11)9-12(16)13(18)19/h1-4,12H,5-9,16H2,(H,18,19)/t12-/m0/s1/i5+1,6+1,7+1,8+1. The molecule has 1 rings (SSSR count). The van der Waals surface area contributed by atoms with E-state index >= 15 is 0 Å². The number of alkyl halides is 2. The number of benzene rings is 1. The molecule has 1 aromatic rings. The number of carboxylic acid groups (broad SMARTS) is 1. The van der Waals surface area contributed by atoms with Gasteiger partial charge in [-0.2, -0.15) is 0 Å². The maximum absolute atomic E-state index is 10.7. The highest BCUT2D eigenvalue weighted by Gasteiger charge is 2.12. The van der Waals surface area contributed by atoms with E-state index in [1.807, 2.05) is 24.3 Å². The van der Waals surface area contributed by atoms with Crippen molar-refractivity contribution in [3.8, 4) is 0 Å². The van der Waals surface area contributed by atoms with Crippen LogP contribution in [0.25, 0.3) is 0 Å². The third-order valence-corrected chi connectivity index (χ3v) is 3.12. The van der Waals surface area contributed by atoms with Crippen LogP contribution < -0.4 is 10.6 Å². The highest BCUT2D eigenvalue weighted by Crippen LogP contribution is 2.16.